The zero-order valence-electron chi connectivity index (χ0n) is 10.2. The summed E-state index contributed by atoms with van der Waals surface area (Å²) >= 11 is 0. The summed E-state index contributed by atoms with van der Waals surface area (Å²) < 4.78 is 10.4. The summed E-state index contributed by atoms with van der Waals surface area (Å²) in [6.45, 7) is 4.36. The van der Waals surface area contributed by atoms with Gasteiger partial charge in [-0.05, 0) is 31.0 Å². The molecular formula is C13H17NO3. The molecule has 2 rings (SSSR count). The van der Waals surface area contributed by atoms with E-state index in [4.69, 9.17) is 9.47 Å². The third-order valence-electron chi connectivity index (χ3n) is 2.96. The summed E-state index contributed by atoms with van der Waals surface area (Å²) in [6, 6.07) is 5.48. The van der Waals surface area contributed by atoms with Crippen molar-refractivity contribution in [2.45, 2.75) is 32.7 Å². The van der Waals surface area contributed by atoms with Crippen LogP contribution in [0.1, 0.15) is 37.0 Å². The Morgan fingerprint density at radius 3 is 2.71 bits per heavy atom. The lowest BCUT2D eigenvalue weighted by Crippen LogP contribution is -2.33. The topological polar surface area (TPSA) is 47.6 Å². The van der Waals surface area contributed by atoms with Crippen LogP contribution in [0.2, 0.25) is 0 Å². The Kier molecular flexibility index (Phi) is 3.52. The lowest BCUT2D eigenvalue weighted by Gasteiger charge is -2.14. The Labute approximate surface area is 101 Å². The Balaban J connectivity index is 2.09. The molecule has 1 amide bonds. The second kappa shape index (κ2) is 5.08. The van der Waals surface area contributed by atoms with Gasteiger partial charge in [0.05, 0.1) is 0 Å². The highest BCUT2D eigenvalue weighted by Crippen LogP contribution is 2.32. The van der Waals surface area contributed by atoms with Crippen LogP contribution in [0.15, 0.2) is 18.2 Å². The number of carbonyl (C=O) groups excluding carboxylic acids is 1. The molecular weight excluding hydrogens is 218 g/mol. The molecule has 0 bridgehead atoms. The van der Waals surface area contributed by atoms with E-state index < -0.39 is 0 Å². The highest BCUT2D eigenvalue weighted by Gasteiger charge is 2.17. The lowest BCUT2D eigenvalue weighted by molar-refractivity contribution is 0.0934. The van der Waals surface area contributed by atoms with Gasteiger partial charge in [-0.2, -0.15) is 0 Å². The molecule has 0 saturated carbocycles. The van der Waals surface area contributed by atoms with Crippen LogP contribution in [0.25, 0.3) is 0 Å². The van der Waals surface area contributed by atoms with E-state index in [2.05, 4.69) is 19.2 Å². The van der Waals surface area contributed by atoms with Crippen molar-refractivity contribution in [2.24, 2.45) is 0 Å². The monoisotopic (exact) mass is 235 g/mol. The molecule has 0 radical (unpaired) electrons. The minimum absolute atomic E-state index is 0.0583. The maximum absolute atomic E-state index is 12.0. The van der Waals surface area contributed by atoms with Gasteiger partial charge in [-0.1, -0.05) is 13.8 Å². The summed E-state index contributed by atoms with van der Waals surface area (Å²) in [4.78, 5) is 12.0. The molecule has 0 atom stereocenters. The molecule has 1 N–H and O–H groups in total. The molecule has 1 aromatic rings. The number of hydrogen-bond donors (Lipinski definition) is 1. The van der Waals surface area contributed by atoms with E-state index in [1.54, 1.807) is 18.2 Å². The van der Waals surface area contributed by atoms with Crippen molar-refractivity contribution < 1.29 is 14.3 Å². The number of fused-ring (bicyclic) bond motifs is 1. The molecule has 1 aliphatic rings. The quantitative estimate of drug-likeness (QED) is 0.871. The maximum Gasteiger partial charge on any atom is 0.251 e. The van der Waals surface area contributed by atoms with Crippen LogP contribution in [-0.4, -0.2) is 18.7 Å². The average Bonchev–Trinajstić information content (AvgIpc) is 2.82. The summed E-state index contributed by atoms with van der Waals surface area (Å²) in [5.41, 5.74) is 0.612. The highest BCUT2D eigenvalue weighted by molar-refractivity contribution is 5.95. The van der Waals surface area contributed by atoms with Gasteiger partial charge in [-0.15, -0.1) is 0 Å². The standard InChI is InChI=1S/C13H17NO3/c1-3-10(4-2)14-13(15)9-5-6-11-12(7-9)17-8-16-11/h5-7,10H,3-4,8H2,1-2H3,(H,14,15). The van der Waals surface area contributed by atoms with Gasteiger partial charge in [0.15, 0.2) is 11.5 Å². The molecule has 0 fully saturated rings. The molecule has 4 nitrogen and oxygen atoms in total. The molecule has 4 heteroatoms. The number of carbonyl (C=O) groups is 1. The van der Waals surface area contributed by atoms with Gasteiger partial charge >= 0.3 is 0 Å². The third kappa shape index (κ3) is 2.52. The number of ether oxygens (including phenoxy) is 2. The second-order valence-electron chi connectivity index (χ2n) is 4.05. The van der Waals surface area contributed by atoms with Gasteiger partial charge in [0.1, 0.15) is 0 Å². The van der Waals surface area contributed by atoms with Crippen molar-refractivity contribution in [3.8, 4) is 11.5 Å². The van der Waals surface area contributed by atoms with Crippen LogP contribution in [-0.2, 0) is 0 Å². The number of rotatable bonds is 4. The van der Waals surface area contributed by atoms with Crippen LogP contribution in [0, 0.1) is 0 Å². The molecule has 0 saturated heterocycles. The third-order valence-corrected chi connectivity index (χ3v) is 2.96. The molecule has 0 spiro atoms. The van der Waals surface area contributed by atoms with Gasteiger partial charge in [-0.3, -0.25) is 4.79 Å². The first-order chi connectivity index (χ1) is 8.24. The first-order valence-corrected chi connectivity index (χ1v) is 5.95. The van der Waals surface area contributed by atoms with Crippen molar-refractivity contribution >= 4 is 5.91 Å². The van der Waals surface area contributed by atoms with Crippen molar-refractivity contribution in [1.29, 1.82) is 0 Å². The number of hydrogen-bond acceptors (Lipinski definition) is 3. The van der Waals surface area contributed by atoms with E-state index in [1.807, 2.05) is 0 Å². The fraction of sp³-hybridized carbons (Fsp3) is 0.462. The summed E-state index contributed by atoms with van der Waals surface area (Å²) in [5, 5.41) is 2.99. The van der Waals surface area contributed by atoms with Crippen LogP contribution in [0.3, 0.4) is 0 Å². The van der Waals surface area contributed by atoms with E-state index in [0.717, 1.165) is 12.8 Å². The number of amides is 1. The van der Waals surface area contributed by atoms with Gasteiger partial charge in [0, 0.05) is 11.6 Å². The Morgan fingerprint density at radius 2 is 2.00 bits per heavy atom. The number of nitrogens with one attached hydrogen (secondary N) is 1. The molecule has 1 heterocycles. The van der Waals surface area contributed by atoms with Crippen molar-refractivity contribution in [2.75, 3.05) is 6.79 Å². The van der Waals surface area contributed by atoms with E-state index in [1.165, 1.54) is 0 Å². The maximum atomic E-state index is 12.0. The normalized spacial score (nSPS) is 12.9. The molecule has 1 aliphatic heterocycles. The zero-order chi connectivity index (χ0) is 12.3. The molecule has 92 valence electrons. The van der Waals surface area contributed by atoms with Crippen LogP contribution in [0.4, 0.5) is 0 Å². The predicted octanol–water partition coefficient (Wildman–Crippen LogP) is 2.33. The number of benzene rings is 1. The molecule has 0 aliphatic carbocycles. The van der Waals surface area contributed by atoms with E-state index in [-0.39, 0.29) is 18.7 Å². The summed E-state index contributed by atoms with van der Waals surface area (Å²) in [5.74, 6) is 1.28. The highest BCUT2D eigenvalue weighted by atomic mass is 16.7. The predicted molar refractivity (Wildman–Crippen MR) is 64.4 cm³/mol. The van der Waals surface area contributed by atoms with Crippen molar-refractivity contribution in [1.82, 2.24) is 5.32 Å². The first kappa shape index (κ1) is 11.8. The van der Waals surface area contributed by atoms with Crippen LogP contribution >= 0.6 is 0 Å². The van der Waals surface area contributed by atoms with Gasteiger partial charge < -0.3 is 14.8 Å². The van der Waals surface area contributed by atoms with E-state index in [9.17, 15) is 4.79 Å². The molecule has 1 aromatic carbocycles. The average molecular weight is 235 g/mol. The Morgan fingerprint density at radius 1 is 1.29 bits per heavy atom. The SMILES string of the molecule is CCC(CC)NC(=O)c1ccc2c(c1)OCO2. The van der Waals surface area contributed by atoms with Gasteiger partial charge in [-0.25, -0.2) is 0 Å². The van der Waals surface area contributed by atoms with Gasteiger partial charge in [0.25, 0.3) is 5.91 Å². The minimum Gasteiger partial charge on any atom is -0.454 e. The largest absolute Gasteiger partial charge is 0.454 e. The first-order valence-electron chi connectivity index (χ1n) is 5.95. The van der Waals surface area contributed by atoms with Crippen LogP contribution < -0.4 is 14.8 Å². The Hall–Kier alpha value is -1.71. The fourth-order valence-corrected chi connectivity index (χ4v) is 1.80. The summed E-state index contributed by atoms with van der Waals surface area (Å²) in [6.07, 6.45) is 1.87. The Bertz CT molecular complexity index is 413. The fourth-order valence-electron chi connectivity index (χ4n) is 1.80. The smallest absolute Gasteiger partial charge is 0.251 e. The van der Waals surface area contributed by atoms with Crippen molar-refractivity contribution in [3.63, 3.8) is 0 Å². The zero-order valence-corrected chi connectivity index (χ0v) is 10.2. The molecule has 17 heavy (non-hydrogen) atoms. The molecule has 0 unspecified atom stereocenters. The van der Waals surface area contributed by atoms with Gasteiger partial charge in [0.2, 0.25) is 6.79 Å². The molecule has 0 aromatic heterocycles. The van der Waals surface area contributed by atoms with Crippen LogP contribution in [0.5, 0.6) is 11.5 Å². The van der Waals surface area contributed by atoms with E-state index in [0.29, 0.717) is 17.1 Å². The van der Waals surface area contributed by atoms with Crippen molar-refractivity contribution in [3.05, 3.63) is 23.8 Å². The van der Waals surface area contributed by atoms with E-state index >= 15 is 0 Å². The second-order valence-corrected chi connectivity index (χ2v) is 4.05. The minimum atomic E-state index is -0.0583. The summed E-state index contributed by atoms with van der Waals surface area (Å²) in [7, 11) is 0. The lowest BCUT2D eigenvalue weighted by atomic mass is 10.1.